The van der Waals surface area contributed by atoms with Gasteiger partial charge in [0.15, 0.2) is 0 Å². The largest absolute Gasteiger partial charge is 1.00 e. The molecule has 128 valence electrons. The summed E-state index contributed by atoms with van der Waals surface area (Å²) in [4.78, 5) is 21.2. The molecule has 23 heavy (non-hydrogen) atoms. The third kappa shape index (κ3) is 25.4. The molecule has 0 aromatic carbocycles. The predicted octanol–water partition coefficient (Wildman–Crippen LogP) is -1.82. The second-order valence-corrected chi connectivity index (χ2v) is 7.17. The molecule has 0 aromatic rings. The third-order valence-corrected chi connectivity index (χ3v) is 4.37. The number of unbranched alkanes of at least 4 members (excludes halogenated alkanes) is 8. The van der Waals surface area contributed by atoms with Gasteiger partial charge < -0.3 is 18.9 Å². The number of hydrogen-bond acceptors (Lipinski definition) is 4. The van der Waals surface area contributed by atoms with E-state index in [4.69, 9.17) is 0 Å². The average Bonchev–Trinajstić information content (AvgIpc) is 2.42. The van der Waals surface area contributed by atoms with E-state index in [9.17, 15) is 14.4 Å². The Labute approximate surface area is 228 Å². The van der Waals surface area contributed by atoms with Gasteiger partial charge in [0, 0.05) is 0 Å². The van der Waals surface area contributed by atoms with Crippen molar-refractivity contribution in [2.45, 2.75) is 90.9 Å². The molecule has 0 fully saturated rings. The molecule has 4 nitrogen and oxygen atoms in total. The van der Waals surface area contributed by atoms with Gasteiger partial charge in [0.25, 0.3) is 0 Å². The van der Waals surface area contributed by atoms with E-state index in [-0.39, 0.29) is 115 Å². The average molecular weight is 399 g/mol. The molecule has 0 radical (unpaired) electrons. The Hall–Kier alpha value is 3.38. The standard InChI is InChI=1S/C16H35O4P.2K/c1-3-5-7-9-10-12-14-16(13-11-8-6-4-2)15-20-21(17,18)19;;/h16H,3-15H2,1-2H3,(H2,17,18,19);;/q;2*+1/p-2. The number of rotatable bonds is 15. The summed E-state index contributed by atoms with van der Waals surface area (Å²) in [5.41, 5.74) is 0. The van der Waals surface area contributed by atoms with Crippen LogP contribution in [0, 0.1) is 5.92 Å². The molecule has 0 aliphatic carbocycles. The van der Waals surface area contributed by atoms with Gasteiger partial charge in [-0.3, -0.25) is 0 Å². The molecule has 7 heteroatoms. The number of hydrogen-bond donors (Lipinski definition) is 0. The molecule has 0 bridgehead atoms. The number of phosphoric acid groups is 1. The van der Waals surface area contributed by atoms with E-state index < -0.39 is 7.82 Å². The van der Waals surface area contributed by atoms with Crippen molar-refractivity contribution >= 4 is 7.82 Å². The molecule has 1 unspecified atom stereocenters. The van der Waals surface area contributed by atoms with Crippen LogP contribution in [0.4, 0.5) is 0 Å². The SMILES string of the molecule is CCCCCCCCC(CCCCCC)COP(=O)([O-])[O-].[K+].[K+]. The van der Waals surface area contributed by atoms with Crippen molar-refractivity contribution in [1.29, 1.82) is 0 Å². The molecular weight excluding hydrogens is 365 g/mol. The van der Waals surface area contributed by atoms with Gasteiger partial charge in [-0.1, -0.05) is 78.1 Å². The maximum absolute atomic E-state index is 10.6. The van der Waals surface area contributed by atoms with E-state index in [1.165, 1.54) is 51.4 Å². The Morgan fingerprint density at radius 3 is 1.61 bits per heavy atom. The van der Waals surface area contributed by atoms with E-state index in [0.29, 0.717) is 0 Å². The molecule has 1 atom stereocenters. The molecular formula is C16H33K2O4P. The van der Waals surface area contributed by atoms with Crippen LogP contribution in [0.1, 0.15) is 90.9 Å². The molecule has 0 aliphatic rings. The van der Waals surface area contributed by atoms with E-state index in [2.05, 4.69) is 18.4 Å². The Kier molecular flexibility index (Phi) is 29.3. The van der Waals surface area contributed by atoms with Crippen molar-refractivity contribution in [3.63, 3.8) is 0 Å². The van der Waals surface area contributed by atoms with Crippen LogP contribution in [0.15, 0.2) is 0 Å². The van der Waals surface area contributed by atoms with Crippen LogP contribution >= 0.6 is 7.82 Å². The van der Waals surface area contributed by atoms with Crippen LogP contribution in [-0.4, -0.2) is 6.61 Å². The molecule has 0 aliphatic heterocycles. The van der Waals surface area contributed by atoms with Gasteiger partial charge in [-0.25, -0.2) is 0 Å². The summed E-state index contributed by atoms with van der Waals surface area (Å²) in [6.45, 7) is 4.45. The van der Waals surface area contributed by atoms with E-state index in [1.54, 1.807) is 0 Å². The predicted molar refractivity (Wildman–Crippen MR) is 83.8 cm³/mol. The first kappa shape index (κ1) is 31.1. The topological polar surface area (TPSA) is 72.4 Å². The summed E-state index contributed by atoms with van der Waals surface area (Å²) >= 11 is 0. The van der Waals surface area contributed by atoms with Gasteiger partial charge in [-0.2, -0.15) is 0 Å². The fourth-order valence-electron chi connectivity index (χ4n) is 2.58. The number of phosphoric ester groups is 1. The van der Waals surface area contributed by atoms with E-state index >= 15 is 0 Å². The van der Waals surface area contributed by atoms with Gasteiger partial charge in [-0.05, 0) is 18.8 Å². The van der Waals surface area contributed by atoms with E-state index in [1.807, 2.05) is 0 Å². The second-order valence-electron chi connectivity index (χ2n) is 6.01. The molecule has 0 heterocycles. The van der Waals surface area contributed by atoms with Crippen LogP contribution < -0.4 is 113 Å². The third-order valence-electron chi connectivity index (χ3n) is 3.90. The first-order valence-electron chi connectivity index (χ1n) is 8.66. The fourth-order valence-corrected chi connectivity index (χ4v) is 2.97. The summed E-state index contributed by atoms with van der Waals surface area (Å²) in [6, 6.07) is 0. The Morgan fingerprint density at radius 2 is 1.17 bits per heavy atom. The molecule has 0 aromatic heterocycles. The van der Waals surface area contributed by atoms with Crippen molar-refractivity contribution in [1.82, 2.24) is 0 Å². The zero-order valence-electron chi connectivity index (χ0n) is 15.8. The summed E-state index contributed by atoms with van der Waals surface area (Å²) in [5.74, 6) is 0.212. The Morgan fingerprint density at radius 1 is 0.783 bits per heavy atom. The molecule has 0 spiro atoms. The summed E-state index contributed by atoms with van der Waals surface area (Å²) in [7, 11) is -4.82. The van der Waals surface area contributed by atoms with Gasteiger partial charge >= 0.3 is 103 Å². The van der Waals surface area contributed by atoms with Gasteiger partial charge in [-0.15, -0.1) is 0 Å². The second kappa shape index (κ2) is 21.7. The normalized spacial score (nSPS) is 12.3. The van der Waals surface area contributed by atoms with Crippen LogP contribution in [0.5, 0.6) is 0 Å². The molecule has 0 saturated carbocycles. The van der Waals surface area contributed by atoms with E-state index in [0.717, 1.165) is 25.7 Å². The minimum atomic E-state index is -4.82. The zero-order chi connectivity index (χ0) is 16.0. The van der Waals surface area contributed by atoms with Crippen LogP contribution in [0.3, 0.4) is 0 Å². The first-order valence-corrected chi connectivity index (χ1v) is 10.1. The first-order chi connectivity index (χ1) is 9.99. The van der Waals surface area contributed by atoms with Gasteiger partial charge in [0.05, 0.1) is 14.4 Å². The summed E-state index contributed by atoms with van der Waals surface area (Å²) in [6.07, 6.45) is 14.0. The minimum Gasteiger partial charge on any atom is -0.790 e. The molecule has 0 amide bonds. The maximum Gasteiger partial charge on any atom is 1.00 e. The van der Waals surface area contributed by atoms with Crippen LogP contribution in [0.2, 0.25) is 0 Å². The van der Waals surface area contributed by atoms with Crippen molar-refractivity contribution in [3.05, 3.63) is 0 Å². The van der Waals surface area contributed by atoms with Gasteiger partial charge in [0.1, 0.15) is 0 Å². The summed E-state index contributed by atoms with van der Waals surface area (Å²) in [5, 5.41) is 0. The minimum absolute atomic E-state index is 0. The van der Waals surface area contributed by atoms with Crippen molar-refractivity contribution in [2.24, 2.45) is 5.92 Å². The van der Waals surface area contributed by atoms with Crippen molar-refractivity contribution < 1.29 is 122 Å². The van der Waals surface area contributed by atoms with Gasteiger partial charge in [0.2, 0.25) is 0 Å². The zero-order valence-corrected chi connectivity index (χ0v) is 23.0. The Bertz CT molecular complexity index is 275. The smallest absolute Gasteiger partial charge is 0.790 e. The summed E-state index contributed by atoms with van der Waals surface area (Å²) < 4.78 is 15.1. The van der Waals surface area contributed by atoms with Crippen LogP contribution in [-0.2, 0) is 9.09 Å². The molecule has 0 N–H and O–H groups in total. The van der Waals surface area contributed by atoms with Crippen molar-refractivity contribution in [2.75, 3.05) is 6.61 Å². The quantitative estimate of drug-likeness (QED) is 0.185. The maximum atomic E-state index is 10.6. The monoisotopic (exact) mass is 398 g/mol. The van der Waals surface area contributed by atoms with Crippen LogP contribution in [0.25, 0.3) is 0 Å². The Balaban J connectivity index is -0.00000200. The fraction of sp³-hybridized carbons (Fsp3) is 1.00. The van der Waals surface area contributed by atoms with Crippen molar-refractivity contribution in [3.8, 4) is 0 Å². The molecule has 0 saturated heterocycles. The molecule has 0 rings (SSSR count).